The van der Waals surface area contributed by atoms with Crippen molar-refractivity contribution in [3.8, 4) is 22.2 Å². The lowest BCUT2D eigenvalue weighted by Crippen LogP contribution is -2.49. The lowest BCUT2D eigenvalue weighted by atomic mass is 10.1. The fraction of sp³-hybridized carbons (Fsp3) is 0.350. The van der Waals surface area contributed by atoms with Crippen molar-refractivity contribution in [1.29, 1.82) is 0 Å². The summed E-state index contributed by atoms with van der Waals surface area (Å²) >= 11 is 1.58. The second kappa shape index (κ2) is 8.64. The molecule has 1 aromatic carbocycles. The summed E-state index contributed by atoms with van der Waals surface area (Å²) in [6.07, 6.45) is 0. The monoisotopic (exact) mass is 398 g/mol. The minimum Gasteiger partial charge on any atom is -0.375 e. The van der Waals surface area contributed by atoms with Gasteiger partial charge >= 0.3 is 0 Å². The molecule has 1 aliphatic heterocycles. The van der Waals surface area contributed by atoms with Gasteiger partial charge in [0.1, 0.15) is 6.61 Å². The Morgan fingerprint density at radius 3 is 2.64 bits per heavy atom. The van der Waals surface area contributed by atoms with Crippen LogP contribution in [0.4, 0.5) is 0 Å². The van der Waals surface area contributed by atoms with Crippen LogP contribution in [0.1, 0.15) is 5.56 Å². The van der Waals surface area contributed by atoms with E-state index >= 15 is 0 Å². The lowest BCUT2D eigenvalue weighted by molar-refractivity contribution is -0.136. The number of carbonyl (C=O) groups is 1. The third kappa shape index (κ3) is 4.30. The average Bonchev–Trinajstić information content (AvgIpc) is 3.41. The predicted molar refractivity (Wildman–Crippen MR) is 107 cm³/mol. The number of benzene rings is 1. The minimum absolute atomic E-state index is 0.0635. The number of amides is 1. The molecule has 7 nitrogen and oxygen atoms in total. The van der Waals surface area contributed by atoms with E-state index in [2.05, 4.69) is 27.2 Å². The van der Waals surface area contributed by atoms with Crippen LogP contribution in [0.2, 0.25) is 0 Å². The van der Waals surface area contributed by atoms with E-state index in [4.69, 9.17) is 9.26 Å². The first-order valence-electron chi connectivity index (χ1n) is 9.19. The van der Waals surface area contributed by atoms with Crippen LogP contribution in [0.3, 0.4) is 0 Å². The molecule has 0 atom stereocenters. The zero-order valence-electron chi connectivity index (χ0n) is 15.7. The Kier molecular flexibility index (Phi) is 5.80. The minimum atomic E-state index is 0.0635. The highest BCUT2D eigenvalue weighted by Crippen LogP contribution is 2.26. The van der Waals surface area contributed by atoms with Gasteiger partial charge in [0.05, 0.1) is 4.88 Å². The highest BCUT2D eigenvalue weighted by Gasteiger charge is 2.21. The number of hydrogen-bond donors (Lipinski definition) is 0. The molecule has 146 valence electrons. The van der Waals surface area contributed by atoms with Gasteiger partial charge in [-0.15, -0.1) is 11.3 Å². The fourth-order valence-corrected chi connectivity index (χ4v) is 3.87. The van der Waals surface area contributed by atoms with Gasteiger partial charge in [0.25, 0.3) is 5.89 Å². The first kappa shape index (κ1) is 18.8. The molecule has 0 N–H and O–H groups in total. The van der Waals surface area contributed by atoms with Crippen molar-refractivity contribution >= 4 is 17.2 Å². The second-order valence-electron chi connectivity index (χ2n) is 6.69. The van der Waals surface area contributed by atoms with Gasteiger partial charge in [0.15, 0.2) is 0 Å². The molecule has 0 bridgehead atoms. The van der Waals surface area contributed by atoms with Crippen molar-refractivity contribution < 1.29 is 14.1 Å². The van der Waals surface area contributed by atoms with Crippen LogP contribution in [-0.4, -0.2) is 65.7 Å². The normalized spacial score (nSPS) is 15.1. The maximum absolute atomic E-state index is 11.9. The zero-order valence-corrected chi connectivity index (χ0v) is 16.5. The number of thiophene rings is 1. The third-order valence-corrected chi connectivity index (χ3v) is 5.63. The number of ether oxygens (including phenoxy) is 1. The van der Waals surface area contributed by atoms with Crippen molar-refractivity contribution in [1.82, 2.24) is 19.9 Å². The van der Waals surface area contributed by atoms with E-state index in [1.54, 1.807) is 18.4 Å². The van der Waals surface area contributed by atoms with Crippen molar-refractivity contribution in [3.63, 3.8) is 0 Å². The van der Waals surface area contributed by atoms with Crippen LogP contribution >= 0.6 is 11.3 Å². The van der Waals surface area contributed by atoms with Gasteiger partial charge in [-0.05, 0) is 17.0 Å². The SMILES string of the molecule is COCC(=O)N1CCN(Cc2ccc(-c3noc(-c4cccs4)n3)cc2)CC1. The molecule has 3 aromatic rings. The summed E-state index contributed by atoms with van der Waals surface area (Å²) in [5.74, 6) is 1.21. The first-order valence-corrected chi connectivity index (χ1v) is 10.1. The van der Waals surface area contributed by atoms with Gasteiger partial charge in [-0.2, -0.15) is 4.98 Å². The maximum atomic E-state index is 11.9. The van der Waals surface area contributed by atoms with Gasteiger partial charge in [0.2, 0.25) is 11.7 Å². The Morgan fingerprint density at radius 1 is 1.18 bits per heavy atom. The van der Waals surface area contributed by atoms with Crippen LogP contribution in [0.5, 0.6) is 0 Å². The molecule has 0 radical (unpaired) electrons. The number of methoxy groups -OCH3 is 1. The van der Waals surface area contributed by atoms with E-state index in [1.807, 2.05) is 34.5 Å². The molecule has 3 heterocycles. The number of aromatic nitrogens is 2. The number of piperazine rings is 1. The van der Waals surface area contributed by atoms with Gasteiger partial charge in [-0.1, -0.05) is 35.5 Å². The topological polar surface area (TPSA) is 71.7 Å². The Hall–Kier alpha value is -2.55. The summed E-state index contributed by atoms with van der Waals surface area (Å²) in [7, 11) is 1.55. The summed E-state index contributed by atoms with van der Waals surface area (Å²) in [6.45, 7) is 4.24. The van der Waals surface area contributed by atoms with Crippen LogP contribution in [-0.2, 0) is 16.1 Å². The largest absolute Gasteiger partial charge is 0.375 e. The third-order valence-electron chi connectivity index (χ3n) is 4.77. The molecule has 0 unspecified atom stereocenters. The maximum Gasteiger partial charge on any atom is 0.268 e. The summed E-state index contributed by atoms with van der Waals surface area (Å²) < 4.78 is 10.3. The fourth-order valence-electron chi connectivity index (χ4n) is 3.23. The first-order chi connectivity index (χ1) is 13.7. The summed E-state index contributed by atoms with van der Waals surface area (Å²) in [6, 6.07) is 12.2. The van der Waals surface area contributed by atoms with Crippen molar-refractivity contribution in [3.05, 3.63) is 47.3 Å². The molecule has 1 aliphatic rings. The van der Waals surface area contributed by atoms with Crippen molar-refractivity contribution in [2.24, 2.45) is 0 Å². The molecule has 1 saturated heterocycles. The highest BCUT2D eigenvalue weighted by molar-refractivity contribution is 7.13. The molecular formula is C20H22N4O3S. The molecule has 1 amide bonds. The van der Waals surface area contributed by atoms with Crippen LogP contribution in [0.15, 0.2) is 46.3 Å². The second-order valence-corrected chi connectivity index (χ2v) is 7.64. The van der Waals surface area contributed by atoms with Gasteiger partial charge in [-0.25, -0.2) is 0 Å². The number of hydrogen-bond acceptors (Lipinski definition) is 7. The van der Waals surface area contributed by atoms with Crippen LogP contribution in [0.25, 0.3) is 22.2 Å². The van der Waals surface area contributed by atoms with Gasteiger partial charge in [0, 0.05) is 45.4 Å². The van der Waals surface area contributed by atoms with Gasteiger partial charge in [-0.3, -0.25) is 9.69 Å². The van der Waals surface area contributed by atoms with Gasteiger partial charge < -0.3 is 14.2 Å². The molecule has 4 rings (SSSR count). The molecular weight excluding hydrogens is 376 g/mol. The lowest BCUT2D eigenvalue weighted by Gasteiger charge is -2.34. The zero-order chi connectivity index (χ0) is 19.3. The van der Waals surface area contributed by atoms with E-state index in [1.165, 1.54) is 5.56 Å². The van der Waals surface area contributed by atoms with E-state index in [0.717, 1.165) is 43.2 Å². The molecule has 0 spiro atoms. The number of nitrogens with zero attached hydrogens (tertiary/aromatic N) is 4. The standard InChI is InChI=1S/C20H22N4O3S/c1-26-14-18(25)24-10-8-23(9-11-24)13-15-4-6-16(7-5-15)19-21-20(27-22-19)17-3-2-12-28-17/h2-7,12H,8-11,13-14H2,1H3. The van der Waals surface area contributed by atoms with Crippen molar-refractivity contribution in [2.45, 2.75) is 6.54 Å². The summed E-state index contributed by atoms with van der Waals surface area (Å²) in [5, 5.41) is 6.08. The molecule has 8 heteroatoms. The van der Waals surface area contributed by atoms with E-state index < -0.39 is 0 Å². The Morgan fingerprint density at radius 2 is 1.96 bits per heavy atom. The van der Waals surface area contributed by atoms with E-state index in [9.17, 15) is 4.79 Å². The quantitative estimate of drug-likeness (QED) is 0.636. The van der Waals surface area contributed by atoms with Crippen LogP contribution < -0.4 is 0 Å². The molecule has 0 aliphatic carbocycles. The highest BCUT2D eigenvalue weighted by atomic mass is 32.1. The Labute approximate surface area is 167 Å². The van der Waals surface area contributed by atoms with E-state index in [0.29, 0.717) is 11.7 Å². The number of rotatable bonds is 6. The number of carbonyl (C=O) groups excluding carboxylic acids is 1. The van der Waals surface area contributed by atoms with Crippen LogP contribution in [0, 0.1) is 0 Å². The summed E-state index contributed by atoms with van der Waals surface area (Å²) in [5.41, 5.74) is 2.16. The molecule has 1 fully saturated rings. The predicted octanol–water partition coefficient (Wildman–Crippen LogP) is 2.76. The Bertz CT molecular complexity index is 900. The average molecular weight is 398 g/mol. The molecule has 28 heavy (non-hydrogen) atoms. The van der Waals surface area contributed by atoms with Crippen molar-refractivity contribution in [2.75, 3.05) is 39.9 Å². The van der Waals surface area contributed by atoms with E-state index in [-0.39, 0.29) is 12.5 Å². The summed E-state index contributed by atoms with van der Waals surface area (Å²) in [4.78, 5) is 21.6. The molecule has 2 aromatic heterocycles. The Balaban J connectivity index is 1.34. The molecule has 0 saturated carbocycles. The smallest absolute Gasteiger partial charge is 0.268 e.